The maximum absolute atomic E-state index is 13.2. The van der Waals surface area contributed by atoms with Crippen molar-refractivity contribution in [3.63, 3.8) is 0 Å². The molecule has 4 rings (SSSR count). The molecule has 27 heavy (non-hydrogen) atoms. The fourth-order valence-electron chi connectivity index (χ4n) is 3.23. The molecule has 0 spiro atoms. The van der Waals surface area contributed by atoms with Crippen molar-refractivity contribution < 1.29 is 13.9 Å². The van der Waals surface area contributed by atoms with Gasteiger partial charge in [-0.05, 0) is 36.4 Å². The molecule has 0 saturated heterocycles. The van der Waals surface area contributed by atoms with Crippen LogP contribution in [0.15, 0.2) is 76.4 Å². The van der Waals surface area contributed by atoms with Gasteiger partial charge >= 0.3 is 0 Å². The highest BCUT2D eigenvalue weighted by Gasteiger charge is 2.36. The molecule has 0 saturated carbocycles. The molecule has 0 N–H and O–H groups in total. The summed E-state index contributed by atoms with van der Waals surface area (Å²) in [4.78, 5) is 13.2. The summed E-state index contributed by atoms with van der Waals surface area (Å²) in [7, 11) is 1.62. The van der Waals surface area contributed by atoms with Crippen molar-refractivity contribution in [2.24, 2.45) is 5.10 Å². The van der Waals surface area contributed by atoms with E-state index in [1.54, 1.807) is 43.7 Å². The number of hydrogen-bond donors (Lipinski definition) is 0. The fourth-order valence-corrected chi connectivity index (χ4v) is 3.42. The van der Waals surface area contributed by atoms with Gasteiger partial charge in [-0.15, -0.1) is 0 Å². The molecule has 1 aromatic heterocycles. The number of rotatable bonds is 4. The summed E-state index contributed by atoms with van der Waals surface area (Å²) in [5.74, 6) is 1.13. The Morgan fingerprint density at radius 2 is 2.04 bits per heavy atom. The third-order valence-corrected chi connectivity index (χ3v) is 4.73. The van der Waals surface area contributed by atoms with E-state index in [0.29, 0.717) is 34.2 Å². The third-order valence-electron chi connectivity index (χ3n) is 4.49. The quantitative estimate of drug-likeness (QED) is 0.644. The van der Waals surface area contributed by atoms with Gasteiger partial charge in [0.25, 0.3) is 5.91 Å². The first-order chi connectivity index (χ1) is 13.2. The number of ether oxygens (including phenoxy) is 1. The minimum absolute atomic E-state index is 0.227. The Kier molecular flexibility index (Phi) is 4.69. The SMILES string of the molecule is COc1ccccc1[C@@H]1CC(c2ccco2)=NN1C(=O)c1cccc(Cl)c1. The molecule has 0 aliphatic carbocycles. The predicted octanol–water partition coefficient (Wildman–Crippen LogP) is 4.93. The summed E-state index contributed by atoms with van der Waals surface area (Å²) in [6.07, 6.45) is 2.12. The standard InChI is InChI=1S/C21H17ClN2O3/c1-26-19-9-3-2-8-16(19)18-13-17(20-10-5-11-27-20)23-24(18)21(25)14-6-4-7-15(22)12-14/h2-12,18H,13H2,1H3/t18-/m0/s1. The smallest absolute Gasteiger partial charge is 0.274 e. The average molecular weight is 381 g/mol. The van der Waals surface area contributed by atoms with Crippen LogP contribution >= 0.6 is 11.6 Å². The normalized spacial score (nSPS) is 16.3. The van der Waals surface area contributed by atoms with E-state index in [0.717, 1.165) is 5.56 Å². The molecule has 6 heteroatoms. The number of benzene rings is 2. The Morgan fingerprint density at radius 1 is 1.19 bits per heavy atom. The Bertz CT molecular complexity index is 998. The molecule has 0 radical (unpaired) electrons. The van der Waals surface area contributed by atoms with Crippen molar-refractivity contribution >= 4 is 23.2 Å². The van der Waals surface area contributed by atoms with Crippen molar-refractivity contribution in [2.45, 2.75) is 12.5 Å². The van der Waals surface area contributed by atoms with E-state index in [9.17, 15) is 4.79 Å². The molecule has 1 aliphatic rings. The summed E-state index contributed by atoms with van der Waals surface area (Å²) in [5, 5.41) is 6.57. The van der Waals surface area contributed by atoms with Crippen LogP contribution < -0.4 is 4.74 Å². The van der Waals surface area contributed by atoms with Gasteiger partial charge in [-0.1, -0.05) is 35.9 Å². The van der Waals surface area contributed by atoms with Gasteiger partial charge in [-0.3, -0.25) is 4.79 Å². The summed E-state index contributed by atoms with van der Waals surface area (Å²) < 4.78 is 11.0. The van der Waals surface area contributed by atoms with Crippen LogP contribution in [0.5, 0.6) is 5.75 Å². The van der Waals surface area contributed by atoms with Gasteiger partial charge in [0.05, 0.1) is 19.4 Å². The zero-order chi connectivity index (χ0) is 18.8. The molecule has 0 unspecified atom stereocenters. The molecule has 0 fully saturated rings. The highest BCUT2D eigenvalue weighted by Crippen LogP contribution is 2.38. The van der Waals surface area contributed by atoms with Crippen molar-refractivity contribution in [1.29, 1.82) is 0 Å². The van der Waals surface area contributed by atoms with Gasteiger partial charge in [-0.25, -0.2) is 5.01 Å². The van der Waals surface area contributed by atoms with E-state index >= 15 is 0 Å². The molecule has 1 atom stereocenters. The zero-order valence-electron chi connectivity index (χ0n) is 14.6. The number of furan rings is 1. The summed E-state index contributed by atoms with van der Waals surface area (Å²) in [6.45, 7) is 0. The number of hydrogen-bond acceptors (Lipinski definition) is 4. The van der Waals surface area contributed by atoms with Crippen LogP contribution in [0.1, 0.15) is 34.1 Å². The summed E-state index contributed by atoms with van der Waals surface area (Å²) in [5.41, 5.74) is 2.08. The van der Waals surface area contributed by atoms with Crippen LogP contribution in [0.4, 0.5) is 0 Å². The highest BCUT2D eigenvalue weighted by molar-refractivity contribution is 6.31. The lowest BCUT2D eigenvalue weighted by atomic mass is 9.99. The molecular weight excluding hydrogens is 364 g/mol. The fraction of sp³-hybridized carbons (Fsp3) is 0.143. The maximum atomic E-state index is 13.2. The molecule has 2 aromatic carbocycles. The van der Waals surface area contributed by atoms with Crippen LogP contribution in [0, 0.1) is 0 Å². The number of carbonyl (C=O) groups is 1. The molecule has 0 bridgehead atoms. The van der Waals surface area contributed by atoms with Crippen molar-refractivity contribution in [3.05, 3.63) is 88.8 Å². The Morgan fingerprint density at radius 3 is 2.78 bits per heavy atom. The molecular formula is C21H17ClN2O3. The van der Waals surface area contributed by atoms with Crippen LogP contribution in [-0.4, -0.2) is 23.7 Å². The second kappa shape index (κ2) is 7.29. The van der Waals surface area contributed by atoms with Gasteiger partial charge in [0, 0.05) is 22.6 Å². The Hall–Kier alpha value is -3.05. The van der Waals surface area contributed by atoms with E-state index in [-0.39, 0.29) is 11.9 Å². The first kappa shape index (κ1) is 17.4. The predicted molar refractivity (Wildman–Crippen MR) is 103 cm³/mol. The topological polar surface area (TPSA) is 55.0 Å². The van der Waals surface area contributed by atoms with Crippen molar-refractivity contribution in [3.8, 4) is 5.75 Å². The van der Waals surface area contributed by atoms with Crippen LogP contribution in [0.3, 0.4) is 0 Å². The van der Waals surface area contributed by atoms with Gasteiger partial charge < -0.3 is 9.15 Å². The minimum Gasteiger partial charge on any atom is -0.496 e. The van der Waals surface area contributed by atoms with E-state index in [1.807, 2.05) is 30.3 Å². The van der Waals surface area contributed by atoms with Gasteiger partial charge in [0.1, 0.15) is 17.2 Å². The monoisotopic (exact) mass is 380 g/mol. The van der Waals surface area contributed by atoms with E-state index in [2.05, 4.69) is 5.10 Å². The lowest BCUT2D eigenvalue weighted by Gasteiger charge is -2.23. The molecule has 5 nitrogen and oxygen atoms in total. The van der Waals surface area contributed by atoms with E-state index in [4.69, 9.17) is 20.8 Å². The largest absolute Gasteiger partial charge is 0.496 e. The zero-order valence-corrected chi connectivity index (χ0v) is 15.4. The Labute approximate surface area is 161 Å². The van der Waals surface area contributed by atoms with E-state index in [1.165, 1.54) is 5.01 Å². The van der Waals surface area contributed by atoms with E-state index < -0.39 is 0 Å². The number of hydrazone groups is 1. The number of amides is 1. The minimum atomic E-state index is -0.298. The number of carbonyl (C=O) groups excluding carboxylic acids is 1. The van der Waals surface area contributed by atoms with Crippen molar-refractivity contribution in [1.82, 2.24) is 5.01 Å². The first-order valence-corrected chi connectivity index (χ1v) is 8.88. The number of nitrogens with zero attached hydrogens (tertiary/aromatic N) is 2. The van der Waals surface area contributed by atoms with Gasteiger partial charge in [-0.2, -0.15) is 5.10 Å². The second-order valence-electron chi connectivity index (χ2n) is 6.15. The average Bonchev–Trinajstić information content (AvgIpc) is 3.37. The number of methoxy groups -OCH3 is 1. The number of para-hydroxylation sites is 1. The molecule has 136 valence electrons. The highest BCUT2D eigenvalue weighted by atomic mass is 35.5. The first-order valence-electron chi connectivity index (χ1n) is 8.51. The Balaban J connectivity index is 1.76. The number of halogens is 1. The second-order valence-corrected chi connectivity index (χ2v) is 6.58. The summed E-state index contributed by atoms with van der Waals surface area (Å²) in [6, 6.07) is 17.8. The molecule has 3 aromatic rings. The summed E-state index contributed by atoms with van der Waals surface area (Å²) >= 11 is 6.07. The van der Waals surface area contributed by atoms with Crippen LogP contribution in [-0.2, 0) is 0 Å². The maximum Gasteiger partial charge on any atom is 0.274 e. The molecule has 1 amide bonds. The van der Waals surface area contributed by atoms with Gasteiger partial charge in [0.2, 0.25) is 0 Å². The van der Waals surface area contributed by atoms with Gasteiger partial charge in [0.15, 0.2) is 0 Å². The van der Waals surface area contributed by atoms with Crippen LogP contribution in [0.25, 0.3) is 0 Å². The molecule has 2 heterocycles. The lowest BCUT2D eigenvalue weighted by Crippen LogP contribution is -2.27. The molecule has 1 aliphatic heterocycles. The third kappa shape index (κ3) is 3.34. The lowest BCUT2D eigenvalue weighted by molar-refractivity contribution is 0.0709. The van der Waals surface area contributed by atoms with Crippen LogP contribution in [0.2, 0.25) is 5.02 Å². The van der Waals surface area contributed by atoms with Crippen molar-refractivity contribution in [2.75, 3.05) is 7.11 Å².